The van der Waals surface area contributed by atoms with Crippen LogP contribution in [-0.4, -0.2) is 52.7 Å². The Bertz CT molecular complexity index is 728. The maximum absolute atomic E-state index is 12.9. The van der Waals surface area contributed by atoms with E-state index < -0.39 is 0 Å². The zero-order valence-corrected chi connectivity index (χ0v) is 14.2. The molecule has 7 nitrogen and oxygen atoms in total. The number of methoxy groups -OCH3 is 2. The molecule has 0 N–H and O–H groups in total. The summed E-state index contributed by atoms with van der Waals surface area (Å²) >= 11 is 0. The maximum Gasteiger partial charge on any atom is 0.259 e. The molecule has 1 unspecified atom stereocenters. The number of piperidine rings is 1. The van der Waals surface area contributed by atoms with Crippen LogP contribution in [0.2, 0.25) is 0 Å². The van der Waals surface area contributed by atoms with Gasteiger partial charge in [0.2, 0.25) is 11.8 Å². The third-order valence-corrected chi connectivity index (χ3v) is 4.40. The number of pyridine rings is 1. The molecule has 2 aromatic heterocycles. The van der Waals surface area contributed by atoms with Gasteiger partial charge in [-0.3, -0.25) is 4.79 Å². The molecule has 0 bridgehead atoms. The lowest BCUT2D eigenvalue weighted by molar-refractivity contribution is 0.0699. The number of aryl methyl sites for hydroxylation is 1. The summed E-state index contributed by atoms with van der Waals surface area (Å²) in [7, 11) is 5.02. The van der Waals surface area contributed by atoms with Gasteiger partial charge in [-0.25, -0.2) is 4.98 Å². The smallest absolute Gasteiger partial charge is 0.259 e. The predicted octanol–water partition coefficient (Wildman–Crippen LogP) is 1.85. The van der Waals surface area contributed by atoms with Crippen LogP contribution in [0.25, 0.3) is 0 Å². The van der Waals surface area contributed by atoms with E-state index >= 15 is 0 Å². The monoisotopic (exact) mass is 330 g/mol. The normalized spacial score (nSPS) is 17.6. The molecule has 2 aromatic rings. The van der Waals surface area contributed by atoms with Crippen molar-refractivity contribution in [3.05, 3.63) is 35.9 Å². The van der Waals surface area contributed by atoms with Crippen LogP contribution in [0.1, 0.15) is 34.9 Å². The fourth-order valence-electron chi connectivity index (χ4n) is 3.17. The Labute approximate surface area is 141 Å². The molecule has 1 fully saturated rings. The number of amides is 1. The van der Waals surface area contributed by atoms with E-state index in [0.29, 0.717) is 23.9 Å². The summed E-state index contributed by atoms with van der Waals surface area (Å²) in [5.74, 6) is 1.92. The van der Waals surface area contributed by atoms with E-state index in [9.17, 15) is 4.79 Å². The maximum atomic E-state index is 12.9. The van der Waals surface area contributed by atoms with Gasteiger partial charge in [-0.05, 0) is 18.9 Å². The summed E-state index contributed by atoms with van der Waals surface area (Å²) in [4.78, 5) is 23.4. The fourth-order valence-corrected chi connectivity index (χ4v) is 3.17. The van der Waals surface area contributed by atoms with Crippen LogP contribution in [0.4, 0.5) is 0 Å². The van der Waals surface area contributed by atoms with Crippen molar-refractivity contribution >= 4 is 5.91 Å². The number of likely N-dealkylation sites (tertiary alicyclic amines) is 1. The molecule has 3 heterocycles. The fraction of sp³-hybridized carbons (Fsp3) is 0.471. The first kappa shape index (κ1) is 16.3. The van der Waals surface area contributed by atoms with E-state index in [1.165, 1.54) is 14.2 Å². The van der Waals surface area contributed by atoms with Crippen molar-refractivity contribution in [1.82, 2.24) is 19.4 Å². The second-order valence-electron chi connectivity index (χ2n) is 5.90. The topological polar surface area (TPSA) is 69.5 Å². The number of rotatable bonds is 4. The Hall–Kier alpha value is -2.57. The Morgan fingerprint density at radius 3 is 2.79 bits per heavy atom. The molecule has 1 atom stereocenters. The molecule has 7 heteroatoms. The lowest BCUT2D eigenvalue weighted by Gasteiger charge is -2.32. The average molecular weight is 330 g/mol. The molecule has 24 heavy (non-hydrogen) atoms. The van der Waals surface area contributed by atoms with Gasteiger partial charge in [-0.2, -0.15) is 4.98 Å². The number of hydrogen-bond donors (Lipinski definition) is 0. The summed E-state index contributed by atoms with van der Waals surface area (Å²) in [5.41, 5.74) is 0.457. The van der Waals surface area contributed by atoms with Crippen molar-refractivity contribution in [3.8, 4) is 11.8 Å². The van der Waals surface area contributed by atoms with Gasteiger partial charge >= 0.3 is 0 Å². The molecule has 1 aliphatic rings. The number of nitrogens with zero attached hydrogens (tertiary/aromatic N) is 4. The van der Waals surface area contributed by atoms with Crippen LogP contribution in [0.15, 0.2) is 24.5 Å². The molecule has 1 amide bonds. The van der Waals surface area contributed by atoms with Crippen LogP contribution in [0.3, 0.4) is 0 Å². The van der Waals surface area contributed by atoms with Gasteiger partial charge in [0.25, 0.3) is 5.91 Å². The summed E-state index contributed by atoms with van der Waals surface area (Å²) in [6.07, 6.45) is 5.72. The Kier molecular flexibility index (Phi) is 4.69. The standard InChI is InChI=1S/C17H22N4O3/c1-20-10-8-18-15(20)12-5-4-9-21(11-12)17(22)13-6-7-14(23-2)19-16(13)24-3/h6-8,10,12H,4-5,9,11H2,1-3H3. The number of hydrogen-bond acceptors (Lipinski definition) is 5. The summed E-state index contributed by atoms with van der Waals surface area (Å²) < 4.78 is 12.4. The third kappa shape index (κ3) is 3.06. The van der Waals surface area contributed by atoms with E-state index in [2.05, 4.69) is 9.97 Å². The van der Waals surface area contributed by atoms with Gasteiger partial charge in [0.1, 0.15) is 11.4 Å². The van der Waals surface area contributed by atoms with Crippen LogP contribution < -0.4 is 9.47 Å². The zero-order valence-electron chi connectivity index (χ0n) is 14.2. The first-order valence-corrected chi connectivity index (χ1v) is 7.99. The molecular weight excluding hydrogens is 308 g/mol. The molecule has 0 radical (unpaired) electrons. The van der Waals surface area contributed by atoms with E-state index in [4.69, 9.17) is 9.47 Å². The van der Waals surface area contributed by atoms with Gasteiger partial charge in [0, 0.05) is 44.5 Å². The molecule has 0 saturated carbocycles. The van der Waals surface area contributed by atoms with E-state index in [1.54, 1.807) is 18.3 Å². The summed E-state index contributed by atoms with van der Waals surface area (Å²) in [6.45, 7) is 1.38. The van der Waals surface area contributed by atoms with Crippen molar-refractivity contribution in [2.24, 2.45) is 7.05 Å². The van der Waals surface area contributed by atoms with E-state index in [-0.39, 0.29) is 11.8 Å². The molecule has 0 aliphatic carbocycles. The zero-order chi connectivity index (χ0) is 17.1. The largest absolute Gasteiger partial charge is 0.481 e. The highest BCUT2D eigenvalue weighted by Crippen LogP contribution is 2.28. The summed E-state index contributed by atoms with van der Waals surface area (Å²) in [6, 6.07) is 3.38. The van der Waals surface area contributed by atoms with E-state index in [0.717, 1.165) is 25.2 Å². The van der Waals surface area contributed by atoms with Crippen molar-refractivity contribution in [3.63, 3.8) is 0 Å². The molecule has 0 aromatic carbocycles. The first-order chi connectivity index (χ1) is 11.6. The highest BCUT2D eigenvalue weighted by Gasteiger charge is 2.29. The number of imidazole rings is 1. The molecule has 0 spiro atoms. The van der Waals surface area contributed by atoms with Crippen LogP contribution in [0, 0.1) is 0 Å². The minimum atomic E-state index is -0.0686. The number of carbonyl (C=O) groups excluding carboxylic acids is 1. The number of ether oxygens (including phenoxy) is 2. The van der Waals surface area contributed by atoms with Crippen molar-refractivity contribution in [2.45, 2.75) is 18.8 Å². The van der Waals surface area contributed by atoms with E-state index in [1.807, 2.05) is 22.7 Å². The lowest BCUT2D eigenvalue weighted by Crippen LogP contribution is -2.39. The minimum Gasteiger partial charge on any atom is -0.481 e. The second-order valence-corrected chi connectivity index (χ2v) is 5.90. The van der Waals surface area contributed by atoms with Crippen LogP contribution >= 0.6 is 0 Å². The highest BCUT2D eigenvalue weighted by atomic mass is 16.5. The molecular formula is C17H22N4O3. The molecule has 1 saturated heterocycles. The molecule has 1 aliphatic heterocycles. The number of carbonyl (C=O) groups is 1. The van der Waals surface area contributed by atoms with Gasteiger partial charge < -0.3 is 18.9 Å². The van der Waals surface area contributed by atoms with Crippen LogP contribution in [-0.2, 0) is 7.05 Å². The Morgan fingerprint density at radius 1 is 1.29 bits per heavy atom. The minimum absolute atomic E-state index is 0.0686. The van der Waals surface area contributed by atoms with Gasteiger partial charge in [-0.1, -0.05) is 0 Å². The number of aromatic nitrogens is 3. The third-order valence-electron chi connectivity index (χ3n) is 4.40. The van der Waals surface area contributed by atoms with Gasteiger partial charge in [0.05, 0.1) is 14.2 Å². The average Bonchev–Trinajstić information content (AvgIpc) is 3.06. The quantitative estimate of drug-likeness (QED) is 0.856. The Morgan fingerprint density at radius 2 is 2.12 bits per heavy atom. The Balaban J connectivity index is 1.81. The highest BCUT2D eigenvalue weighted by molar-refractivity contribution is 5.96. The predicted molar refractivity (Wildman–Crippen MR) is 88.4 cm³/mol. The second kappa shape index (κ2) is 6.90. The first-order valence-electron chi connectivity index (χ1n) is 7.99. The van der Waals surface area contributed by atoms with Gasteiger partial charge in [-0.15, -0.1) is 0 Å². The van der Waals surface area contributed by atoms with Crippen molar-refractivity contribution in [2.75, 3.05) is 27.3 Å². The molecule has 128 valence electrons. The molecule has 3 rings (SSSR count). The van der Waals surface area contributed by atoms with Crippen molar-refractivity contribution < 1.29 is 14.3 Å². The summed E-state index contributed by atoms with van der Waals surface area (Å²) in [5, 5.41) is 0. The lowest BCUT2D eigenvalue weighted by atomic mass is 9.96. The van der Waals surface area contributed by atoms with Gasteiger partial charge in [0.15, 0.2) is 0 Å². The SMILES string of the molecule is COc1ccc(C(=O)N2CCCC(c3nccn3C)C2)c(OC)n1. The van der Waals surface area contributed by atoms with Crippen LogP contribution in [0.5, 0.6) is 11.8 Å². The van der Waals surface area contributed by atoms with Crippen molar-refractivity contribution in [1.29, 1.82) is 0 Å².